The Hall–Kier alpha value is -0.330. The van der Waals surface area contributed by atoms with Gasteiger partial charge in [-0.05, 0) is 37.8 Å². The second kappa shape index (κ2) is 4.06. The zero-order valence-corrected chi connectivity index (χ0v) is 7.84. The summed E-state index contributed by atoms with van der Waals surface area (Å²) in [5.41, 5.74) is 0. The quantitative estimate of drug-likeness (QED) is 0.529. The molecule has 2 aliphatic rings. The molecule has 0 saturated heterocycles. The molecule has 68 valence electrons. The number of rotatable bonds is 1. The van der Waals surface area contributed by atoms with E-state index >= 15 is 0 Å². The van der Waals surface area contributed by atoms with E-state index in [1.807, 2.05) is 0 Å². The van der Waals surface area contributed by atoms with Gasteiger partial charge in [-0.1, -0.05) is 25.7 Å². The third-order valence-electron chi connectivity index (χ3n) is 3.33. The highest BCUT2D eigenvalue weighted by Crippen LogP contribution is 2.30. The van der Waals surface area contributed by atoms with E-state index in [2.05, 4.69) is 11.2 Å². The van der Waals surface area contributed by atoms with E-state index in [0.717, 1.165) is 5.92 Å². The fraction of sp³-hybridized carbons (Fsp3) is 0.909. The largest absolute Gasteiger partial charge is 0.294 e. The summed E-state index contributed by atoms with van der Waals surface area (Å²) in [7, 11) is 0. The van der Waals surface area contributed by atoms with Gasteiger partial charge in [-0.2, -0.15) is 0 Å². The average Bonchev–Trinajstić information content (AvgIpc) is 2.48. The molecule has 0 N–H and O–H groups in total. The van der Waals surface area contributed by atoms with Crippen molar-refractivity contribution in [2.75, 3.05) is 0 Å². The smallest absolute Gasteiger partial charge is 0.0527 e. The van der Waals surface area contributed by atoms with Crippen LogP contribution in [0.1, 0.15) is 51.4 Å². The van der Waals surface area contributed by atoms with Crippen LogP contribution in [-0.2, 0) is 0 Å². The predicted molar refractivity (Wildman–Crippen MR) is 52.7 cm³/mol. The first-order valence-electron chi connectivity index (χ1n) is 5.48. The van der Waals surface area contributed by atoms with Crippen LogP contribution in [0.25, 0.3) is 0 Å². The number of nitrogens with zero attached hydrogens (tertiary/aromatic N) is 1. The zero-order valence-electron chi connectivity index (χ0n) is 7.84. The van der Waals surface area contributed by atoms with E-state index < -0.39 is 0 Å². The molecule has 0 spiro atoms. The standard InChI is InChI=1S/C11H19N/c1-2-4-7-10(6-3-1)11-8-5-9-12-11/h9-11H,1-8H2. The molecule has 0 bridgehead atoms. The molecule has 1 heteroatoms. The van der Waals surface area contributed by atoms with Crippen molar-refractivity contribution in [2.24, 2.45) is 10.9 Å². The third-order valence-corrected chi connectivity index (χ3v) is 3.33. The van der Waals surface area contributed by atoms with Crippen molar-refractivity contribution in [1.29, 1.82) is 0 Å². The summed E-state index contributed by atoms with van der Waals surface area (Å²) < 4.78 is 0. The summed E-state index contributed by atoms with van der Waals surface area (Å²) in [6.07, 6.45) is 13.4. The average molecular weight is 165 g/mol. The lowest BCUT2D eigenvalue weighted by atomic mass is 9.91. The van der Waals surface area contributed by atoms with E-state index in [9.17, 15) is 0 Å². The fourth-order valence-electron chi connectivity index (χ4n) is 2.58. The van der Waals surface area contributed by atoms with Crippen LogP contribution < -0.4 is 0 Å². The van der Waals surface area contributed by atoms with Crippen molar-refractivity contribution in [3.05, 3.63) is 0 Å². The molecular weight excluding hydrogens is 146 g/mol. The van der Waals surface area contributed by atoms with Crippen molar-refractivity contribution in [3.8, 4) is 0 Å². The number of hydrogen-bond acceptors (Lipinski definition) is 1. The van der Waals surface area contributed by atoms with Crippen LogP contribution in [0, 0.1) is 5.92 Å². The Balaban J connectivity index is 1.87. The Morgan fingerprint density at radius 3 is 2.25 bits per heavy atom. The molecule has 1 atom stereocenters. The number of hydrogen-bond donors (Lipinski definition) is 0. The lowest BCUT2D eigenvalue weighted by molar-refractivity contribution is 0.375. The van der Waals surface area contributed by atoms with E-state index in [-0.39, 0.29) is 0 Å². The Kier molecular flexibility index (Phi) is 2.80. The summed E-state index contributed by atoms with van der Waals surface area (Å²) in [6.45, 7) is 0. The van der Waals surface area contributed by atoms with Crippen molar-refractivity contribution in [2.45, 2.75) is 57.4 Å². The van der Waals surface area contributed by atoms with Gasteiger partial charge in [-0.3, -0.25) is 4.99 Å². The lowest BCUT2D eigenvalue weighted by Crippen LogP contribution is -2.15. The predicted octanol–water partition coefficient (Wildman–Crippen LogP) is 3.19. The van der Waals surface area contributed by atoms with Crippen LogP contribution in [0.3, 0.4) is 0 Å². The summed E-state index contributed by atoms with van der Waals surface area (Å²) in [6, 6.07) is 0.711. The van der Waals surface area contributed by atoms with Gasteiger partial charge < -0.3 is 0 Å². The minimum atomic E-state index is 0.711. The van der Waals surface area contributed by atoms with Gasteiger partial charge in [0.2, 0.25) is 0 Å². The zero-order chi connectivity index (χ0) is 8.23. The topological polar surface area (TPSA) is 12.4 Å². The maximum atomic E-state index is 4.58. The molecule has 0 amide bonds. The first-order chi connectivity index (χ1) is 5.97. The molecule has 1 aliphatic carbocycles. The van der Waals surface area contributed by atoms with E-state index in [1.165, 1.54) is 51.4 Å². The first-order valence-corrected chi connectivity index (χ1v) is 5.48. The molecule has 0 aromatic heterocycles. The summed E-state index contributed by atoms with van der Waals surface area (Å²) >= 11 is 0. The maximum Gasteiger partial charge on any atom is 0.0527 e. The van der Waals surface area contributed by atoms with Crippen molar-refractivity contribution < 1.29 is 0 Å². The molecule has 1 fully saturated rings. The van der Waals surface area contributed by atoms with Crippen LogP contribution >= 0.6 is 0 Å². The molecule has 1 aliphatic heterocycles. The normalized spacial score (nSPS) is 32.2. The van der Waals surface area contributed by atoms with Gasteiger partial charge in [0.1, 0.15) is 0 Å². The molecular formula is C11H19N. The highest BCUT2D eigenvalue weighted by atomic mass is 14.8. The molecule has 1 nitrogen and oxygen atoms in total. The maximum absolute atomic E-state index is 4.58. The van der Waals surface area contributed by atoms with Gasteiger partial charge in [0, 0.05) is 0 Å². The Bertz CT molecular complexity index is 154. The minimum Gasteiger partial charge on any atom is -0.294 e. The van der Waals surface area contributed by atoms with Crippen molar-refractivity contribution >= 4 is 6.21 Å². The molecule has 0 radical (unpaired) electrons. The second-order valence-electron chi connectivity index (χ2n) is 4.23. The Morgan fingerprint density at radius 1 is 0.917 bits per heavy atom. The molecule has 1 saturated carbocycles. The van der Waals surface area contributed by atoms with E-state index in [4.69, 9.17) is 0 Å². The van der Waals surface area contributed by atoms with Gasteiger partial charge in [-0.15, -0.1) is 0 Å². The third kappa shape index (κ3) is 1.88. The fourth-order valence-corrected chi connectivity index (χ4v) is 2.58. The minimum absolute atomic E-state index is 0.711. The van der Waals surface area contributed by atoms with Crippen molar-refractivity contribution in [1.82, 2.24) is 0 Å². The van der Waals surface area contributed by atoms with E-state index in [0.29, 0.717) is 6.04 Å². The number of aliphatic imine (C=N–C) groups is 1. The molecule has 1 unspecified atom stereocenters. The van der Waals surface area contributed by atoms with Crippen LogP contribution in [0.4, 0.5) is 0 Å². The van der Waals surface area contributed by atoms with Gasteiger partial charge >= 0.3 is 0 Å². The molecule has 0 aromatic carbocycles. The van der Waals surface area contributed by atoms with Crippen molar-refractivity contribution in [3.63, 3.8) is 0 Å². The SMILES string of the molecule is C1=NC(C2CCCCCC2)CC1. The molecule has 12 heavy (non-hydrogen) atoms. The monoisotopic (exact) mass is 165 g/mol. The highest BCUT2D eigenvalue weighted by molar-refractivity contribution is 5.59. The van der Waals surface area contributed by atoms with Gasteiger partial charge in [0.15, 0.2) is 0 Å². The van der Waals surface area contributed by atoms with Crippen LogP contribution in [0.15, 0.2) is 4.99 Å². The summed E-state index contributed by atoms with van der Waals surface area (Å²) in [5, 5.41) is 0. The molecule has 2 rings (SSSR count). The van der Waals surface area contributed by atoms with Crippen LogP contribution in [0.2, 0.25) is 0 Å². The van der Waals surface area contributed by atoms with E-state index in [1.54, 1.807) is 0 Å². The highest BCUT2D eigenvalue weighted by Gasteiger charge is 2.23. The summed E-state index contributed by atoms with van der Waals surface area (Å²) in [4.78, 5) is 4.58. The Labute approximate surface area is 75.3 Å². The Morgan fingerprint density at radius 2 is 1.67 bits per heavy atom. The molecule has 1 heterocycles. The van der Waals surface area contributed by atoms with Crippen LogP contribution in [0.5, 0.6) is 0 Å². The second-order valence-corrected chi connectivity index (χ2v) is 4.23. The van der Waals surface area contributed by atoms with Crippen LogP contribution in [-0.4, -0.2) is 12.3 Å². The first kappa shape index (κ1) is 8.28. The van der Waals surface area contributed by atoms with Gasteiger partial charge in [0.25, 0.3) is 0 Å². The summed E-state index contributed by atoms with van der Waals surface area (Å²) in [5.74, 6) is 0.936. The lowest BCUT2D eigenvalue weighted by Gasteiger charge is -2.18. The van der Waals surface area contributed by atoms with Gasteiger partial charge in [-0.25, -0.2) is 0 Å². The molecule has 0 aromatic rings. The van der Waals surface area contributed by atoms with Gasteiger partial charge in [0.05, 0.1) is 6.04 Å².